The van der Waals surface area contributed by atoms with E-state index in [4.69, 9.17) is 9.47 Å². The normalized spacial score (nSPS) is 14.5. The summed E-state index contributed by atoms with van der Waals surface area (Å²) in [7, 11) is 0. The Labute approximate surface area is 337 Å². The van der Waals surface area contributed by atoms with Gasteiger partial charge in [-0.05, 0) is 45.1 Å². The van der Waals surface area contributed by atoms with E-state index in [2.05, 4.69) is 30.8 Å². The molecule has 1 heterocycles. The van der Waals surface area contributed by atoms with Crippen molar-refractivity contribution in [2.45, 2.75) is 29.6 Å². The molecule has 2 unspecified atom stereocenters. The van der Waals surface area contributed by atoms with Gasteiger partial charge in [-0.3, -0.25) is 9.69 Å². The summed E-state index contributed by atoms with van der Waals surface area (Å²) in [6, 6.07) is 57.1. The van der Waals surface area contributed by atoms with Gasteiger partial charge in [0.1, 0.15) is 18.1 Å². The predicted molar refractivity (Wildman–Crippen MR) is 231 cm³/mol. The quantitative estimate of drug-likeness (QED) is 0.0388. The van der Waals surface area contributed by atoms with Crippen molar-refractivity contribution in [1.29, 1.82) is 0 Å². The molecule has 57 heavy (non-hydrogen) atoms. The standard InChI is InChI=1S/C48H42NO6PS/c1-3-32-54-47(53)55-35(2)36-20-19-25-39(33-36)48(37-21-9-4-10-22-37,38-23-11-5-12-24-38)57-44-34-43(50)49(44)45(46(51)52)56(40-26-13-6-14-27-40,41-28-15-7-16-29-41)42-30-17-8-18-31-42/h3-31,33,35,44H,1,32,34H2,2H3,(H,51,52). The third-order valence-electron chi connectivity index (χ3n) is 10.1. The molecule has 0 saturated carbocycles. The average Bonchev–Trinajstić information content (AvgIpc) is 3.26. The van der Waals surface area contributed by atoms with Gasteiger partial charge in [-0.2, -0.15) is 0 Å². The first kappa shape index (κ1) is 39.2. The molecule has 0 aliphatic carbocycles. The second-order valence-corrected chi connectivity index (χ2v) is 18.2. The minimum Gasteiger partial charge on any atom is -0.477 e. The number of carbonyl (C=O) groups excluding carboxylic acids is 2. The lowest BCUT2D eigenvalue weighted by molar-refractivity contribution is -0.139. The van der Waals surface area contributed by atoms with Crippen LogP contribution in [0.5, 0.6) is 0 Å². The second kappa shape index (κ2) is 17.4. The molecule has 1 amide bonds. The molecule has 7 nitrogen and oxygen atoms in total. The maximum atomic E-state index is 14.3. The molecule has 286 valence electrons. The summed E-state index contributed by atoms with van der Waals surface area (Å²) < 4.78 is 9.81. The highest BCUT2D eigenvalue weighted by Crippen LogP contribution is 2.56. The summed E-state index contributed by atoms with van der Waals surface area (Å²) in [5, 5.41) is 13.5. The summed E-state index contributed by atoms with van der Waals surface area (Å²) in [6.07, 6.45) is 0.140. The summed E-state index contributed by atoms with van der Waals surface area (Å²) in [5.41, 5.74) is 3.53. The van der Waals surface area contributed by atoms with Crippen LogP contribution in [0.3, 0.4) is 0 Å². The molecule has 0 bridgehead atoms. The molecule has 6 aromatic rings. The maximum absolute atomic E-state index is 14.3. The Morgan fingerprint density at radius 1 is 0.754 bits per heavy atom. The van der Waals surface area contributed by atoms with Crippen LogP contribution < -0.4 is 15.9 Å². The number of aliphatic carboxylic acids is 1. The molecule has 0 radical (unpaired) electrons. The van der Waals surface area contributed by atoms with E-state index in [1.807, 2.05) is 152 Å². The maximum Gasteiger partial charge on any atom is 0.509 e. The number of hydrogen-bond acceptors (Lipinski definition) is 6. The molecule has 6 aromatic carbocycles. The molecule has 0 aromatic heterocycles. The van der Waals surface area contributed by atoms with E-state index in [9.17, 15) is 19.5 Å². The summed E-state index contributed by atoms with van der Waals surface area (Å²) >= 11 is 1.54. The van der Waals surface area contributed by atoms with Gasteiger partial charge in [0, 0.05) is 6.89 Å². The van der Waals surface area contributed by atoms with Crippen LogP contribution in [-0.4, -0.2) is 45.4 Å². The molecule has 1 saturated heterocycles. The van der Waals surface area contributed by atoms with E-state index in [1.54, 1.807) is 11.8 Å². The molecule has 0 spiro atoms. The number of β-lactam (4-membered cyclic amide) rings is 1. The second-order valence-electron chi connectivity index (χ2n) is 13.5. The minimum absolute atomic E-state index is 0.0295. The number of ether oxygens (including phenoxy) is 2. The fourth-order valence-corrected chi connectivity index (χ4v) is 13.7. The van der Waals surface area contributed by atoms with Gasteiger partial charge >= 0.3 is 12.1 Å². The van der Waals surface area contributed by atoms with Crippen molar-refractivity contribution in [1.82, 2.24) is 4.90 Å². The van der Waals surface area contributed by atoms with Crippen LogP contribution in [0.4, 0.5) is 4.79 Å². The van der Waals surface area contributed by atoms with E-state index >= 15 is 0 Å². The van der Waals surface area contributed by atoms with E-state index in [1.165, 1.54) is 17.8 Å². The lowest BCUT2D eigenvalue weighted by atomic mass is 9.83. The Kier molecular flexibility index (Phi) is 11.9. The van der Waals surface area contributed by atoms with E-state index in [-0.39, 0.29) is 24.4 Å². The van der Waals surface area contributed by atoms with Crippen LogP contribution in [0, 0.1) is 0 Å². The fourth-order valence-electron chi connectivity index (χ4n) is 7.55. The first-order valence-corrected chi connectivity index (χ1v) is 21.3. The number of benzene rings is 6. The molecule has 7 rings (SSSR count). The van der Waals surface area contributed by atoms with Crippen LogP contribution in [0.15, 0.2) is 189 Å². The van der Waals surface area contributed by atoms with Crippen molar-refractivity contribution in [2.75, 3.05) is 6.61 Å². The topological polar surface area (TPSA) is 93.1 Å². The van der Waals surface area contributed by atoms with Crippen LogP contribution in [-0.2, 0) is 23.8 Å². The SMILES string of the molecule is C=CCOC(=O)OC(C)c1cccc(C(SC2CC(=O)N2C(C(=O)O)=P(c2ccccc2)(c2ccccc2)c2ccccc2)(c2ccccc2)c2ccccc2)c1. The van der Waals surface area contributed by atoms with Crippen molar-refractivity contribution in [3.8, 4) is 0 Å². The van der Waals surface area contributed by atoms with Gasteiger partial charge < -0.3 is 14.6 Å². The van der Waals surface area contributed by atoms with Crippen LogP contribution >= 0.6 is 18.6 Å². The van der Waals surface area contributed by atoms with Gasteiger partial charge in [-0.25, -0.2) is 9.59 Å². The van der Waals surface area contributed by atoms with Gasteiger partial charge in [0.15, 0.2) is 0 Å². The van der Waals surface area contributed by atoms with E-state index < -0.39 is 35.2 Å². The molecular weight excluding hydrogens is 750 g/mol. The number of likely N-dealkylation sites (tertiary alicyclic amines) is 1. The monoisotopic (exact) mass is 791 g/mol. The molecule has 9 heteroatoms. The molecule has 1 N–H and O–H groups in total. The number of nitrogens with zero attached hydrogens (tertiary/aromatic N) is 1. The number of amides is 1. The largest absolute Gasteiger partial charge is 0.509 e. The van der Waals surface area contributed by atoms with Gasteiger partial charge in [0.2, 0.25) is 5.91 Å². The lowest BCUT2D eigenvalue weighted by Gasteiger charge is -2.48. The summed E-state index contributed by atoms with van der Waals surface area (Å²) in [6.45, 7) is 2.22. The number of carbonyl (C=O) groups is 3. The zero-order valence-electron chi connectivity index (χ0n) is 31.4. The van der Waals surface area contributed by atoms with Crippen molar-refractivity contribution in [3.63, 3.8) is 0 Å². The van der Waals surface area contributed by atoms with E-state index in [0.29, 0.717) is 0 Å². The zero-order chi connectivity index (χ0) is 39.8. The Bertz CT molecular complexity index is 2270. The lowest BCUT2D eigenvalue weighted by Crippen LogP contribution is -2.59. The highest BCUT2D eigenvalue weighted by atomic mass is 32.2. The smallest absolute Gasteiger partial charge is 0.477 e. The Hall–Kier alpha value is -6.08. The molecule has 2 atom stereocenters. The van der Waals surface area contributed by atoms with Crippen molar-refractivity contribution < 1.29 is 29.0 Å². The first-order chi connectivity index (χ1) is 27.8. The molecule has 1 aliphatic heterocycles. The molecule has 1 fully saturated rings. The van der Waals surface area contributed by atoms with Crippen molar-refractivity contribution in [3.05, 3.63) is 211 Å². The number of thioether (sulfide) groups is 1. The highest BCUT2D eigenvalue weighted by Gasteiger charge is 2.51. The summed E-state index contributed by atoms with van der Waals surface area (Å²) in [4.78, 5) is 42.5. The number of carboxylic acids is 1. The van der Waals surface area contributed by atoms with Crippen LogP contribution in [0.2, 0.25) is 0 Å². The Balaban J connectivity index is 1.47. The van der Waals surface area contributed by atoms with E-state index in [0.717, 1.165) is 38.2 Å². The van der Waals surface area contributed by atoms with Gasteiger partial charge in [-0.15, -0.1) is 11.8 Å². The highest BCUT2D eigenvalue weighted by molar-refractivity contribution is 8.01. The number of hydrogen-bond donors (Lipinski definition) is 1. The van der Waals surface area contributed by atoms with Gasteiger partial charge in [-0.1, -0.05) is 189 Å². The Morgan fingerprint density at radius 2 is 1.21 bits per heavy atom. The van der Waals surface area contributed by atoms with Gasteiger partial charge in [0.25, 0.3) is 0 Å². The zero-order valence-corrected chi connectivity index (χ0v) is 33.1. The van der Waals surface area contributed by atoms with Crippen molar-refractivity contribution in [2.24, 2.45) is 0 Å². The first-order valence-electron chi connectivity index (χ1n) is 18.6. The molecule has 1 aliphatic rings. The van der Waals surface area contributed by atoms with Crippen LogP contribution in [0.1, 0.15) is 41.7 Å². The molecular formula is C48H42NO6PS. The minimum atomic E-state index is -3.20. The Morgan fingerprint density at radius 3 is 1.65 bits per heavy atom. The number of rotatable bonds is 14. The van der Waals surface area contributed by atoms with Crippen molar-refractivity contribution >= 4 is 58.0 Å². The fraction of sp³-hybridized carbons (Fsp3) is 0.125. The third-order valence-corrected chi connectivity index (χ3v) is 16.1. The predicted octanol–water partition coefficient (Wildman–Crippen LogP) is 8.88. The summed E-state index contributed by atoms with van der Waals surface area (Å²) in [5.74, 6) is -1.42. The third kappa shape index (κ3) is 7.59. The van der Waals surface area contributed by atoms with Gasteiger partial charge in [0.05, 0.1) is 16.5 Å². The number of carboxylic acid groups (broad SMARTS) is 1. The average molecular weight is 792 g/mol. The van der Waals surface area contributed by atoms with Crippen LogP contribution in [0.25, 0.3) is 0 Å².